The lowest BCUT2D eigenvalue weighted by atomic mass is 9.97. The van der Waals surface area contributed by atoms with E-state index in [1.54, 1.807) is 26.0 Å². The Kier molecular flexibility index (Phi) is 14.3. The maximum Gasteiger partial charge on any atom is 0.186 e. The molecule has 0 radical (unpaired) electrons. The summed E-state index contributed by atoms with van der Waals surface area (Å²) in [5.74, 6) is 1.91. The molecule has 0 saturated heterocycles. The molecule has 0 atom stereocenters. The molecule has 2 aromatic rings. The van der Waals surface area contributed by atoms with Gasteiger partial charge in [0.05, 0.1) is 53.0 Å². The van der Waals surface area contributed by atoms with Gasteiger partial charge >= 0.3 is 0 Å². The number of nitrogens with one attached hydrogen (secondary N) is 2. The second kappa shape index (κ2) is 20.2. The van der Waals surface area contributed by atoms with Crippen molar-refractivity contribution in [2.24, 2.45) is 15.0 Å². The molecule has 1 aromatic carbocycles. The molecule has 0 amide bonds. The van der Waals surface area contributed by atoms with Crippen molar-refractivity contribution in [3.05, 3.63) is 167 Å². The van der Waals surface area contributed by atoms with E-state index in [-0.39, 0.29) is 10.2 Å². The average Bonchev–Trinajstić information content (AvgIpc) is 4.10. The van der Waals surface area contributed by atoms with Crippen LogP contribution in [-0.4, -0.2) is 70.7 Å². The molecule has 1 aromatic heterocycles. The summed E-state index contributed by atoms with van der Waals surface area (Å²) in [6, 6.07) is 10.6. The SMILES string of the molecule is C=CCOCCCC1=C2C=CC(=N2)/C(=C2\NC=CN2C)C2=NC(=C(CCCOCC=C)c3ccc([nH]3)C(c3cc(CSC(C)=O)cc(CSC(C)=O)c3)=C3C=CC1=N3)C=C2. The minimum atomic E-state index is 0.0461. The van der Waals surface area contributed by atoms with Crippen molar-refractivity contribution >= 4 is 62.0 Å². The summed E-state index contributed by atoms with van der Waals surface area (Å²) < 4.78 is 11.6. The Hall–Kier alpha value is -5.53. The van der Waals surface area contributed by atoms with Gasteiger partial charge in [0.15, 0.2) is 10.2 Å². The molecular weight excluding hydrogens is 789 g/mol. The summed E-state index contributed by atoms with van der Waals surface area (Å²) in [4.78, 5) is 46.1. The van der Waals surface area contributed by atoms with Crippen molar-refractivity contribution in [2.75, 3.05) is 33.5 Å². The molecule has 7 rings (SSSR count). The highest BCUT2D eigenvalue weighted by Crippen LogP contribution is 2.38. The van der Waals surface area contributed by atoms with E-state index in [1.165, 1.54) is 23.5 Å². The Morgan fingerprint density at radius 3 is 1.85 bits per heavy atom. The van der Waals surface area contributed by atoms with E-state index < -0.39 is 0 Å². The first kappa shape index (κ1) is 42.6. The van der Waals surface area contributed by atoms with Gasteiger partial charge in [-0.3, -0.25) is 9.59 Å². The van der Waals surface area contributed by atoms with E-state index in [0.29, 0.717) is 50.8 Å². The van der Waals surface area contributed by atoms with Crippen LogP contribution in [0, 0.1) is 0 Å². The number of thioether (sulfide) groups is 2. The number of ether oxygens (including phenoxy) is 2. The van der Waals surface area contributed by atoms with Crippen molar-refractivity contribution in [1.29, 1.82) is 0 Å². The molecule has 6 heterocycles. The highest BCUT2D eigenvalue weighted by atomic mass is 32.2. The first-order chi connectivity index (χ1) is 29.2. The van der Waals surface area contributed by atoms with Gasteiger partial charge in [-0.25, -0.2) is 15.0 Å². The molecule has 10 nitrogen and oxygen atoms in total. The summed E-state index contributed by atoms with van der Waals surface area (Å²) in [7, 11) is 2.01. The summed E-state index contributed by atoms with van der Waals surface area (Å²) in [6.07, 6.45) is 22.8. The van der Waals surface area contributed by atoms with E-state index in [9.17, 15) is 9.59 Å². The number of aromatic nitrogens is 1. The molecule has 0 unspecified atom stereocenters. The summed E-state index contributed by atoms with van der Waals surface area (Å²) in [5, 5.41) is 3.53. The number of allylic oxidation sites excluding steroid dienone is 9. The number of H-pyrrole nitrogens is 1. The number of benzene rings is 1. The van der Waals surface area contributed by atoms with Crippen LogP contribution in [0.4, 0.5) is 0 Å². The molecule has 0 spiro atoms. The molecule has 0 fully saturated rings. The quantitative estimate of drug-likeness (QED) is 0.119. The van der Waals surface area contributed by atoms with Crippen LogP contribution < -0.4 is 5.32 Å². The van der Waals surface area contributed by atoms with Gasteiger partial charge in [-0.1, -0.05) is 53.9 Å². The van der Waals surface area contributed by atoms with Gasteiger partial charge < -0.3 is 24.7 Å². The molecule has 0 saturated carbocycles. The fraction of sp³-hybridized carbons (Fsp3) is 0.271. The highest BCUT2D eigenvalue weighted by Gasteiger charge is 2.28. The Labute approximate surface area is 360 Å². The number of aliphatic imine (C=N–C) groups is 3. The maximum absolute atomic E-state index is 12.1. The summed E-state index contributed by atoms with van der Waals surface area (Å²) in [6.45, 7) is 12.9. The van der Waals surface area contributed by atoms with Crippen LogP contribution in [0.25, 0.3) is 11.1 Å². The molecule has 0 aliphatic carbocycles. The van der Waals surface area contributed by atoms with Crippen LogP contribution in [0.15, 0.2) is 154 Å². The van der Waals surface area contributed by atoms with Crippen LogP contribution >= 0.6 is 23.5 Å². The predicted octanol–water partition coefficient (Wildman–Crippen LogP) is 9.53. The number of rotatable bonds is 17. The van der Waals surface area contributed by atoms with Gasteiger partial charge in [-0.15, -0.1) is 13.2 Å². The van der Waals surface area contributed by atoms with E-state index >= 15 is 0 Å². The zero-order chi connectivity index (χ0) is 42.0. The minimum Gasteiger partial charge on any atom is -0.377 e. The second-order valence-corrected chi connectivity index (χ2v) is 16.9. The lowest BCUT2D eigenvalue weighted by molar-refractivity contribution is -0.109. The number of carbonyl (C=O) groups is 2. The van der Waals surface area contributed by atoms with E-state index in [2.05, 4.69) is 95.1 Å². The van der Waals surface area contributed by atoms with Gasteiger partial charge in [-0.2, -0.15) is 0 Å². The molecule has 12 heteroatoms. The highest BCUT2D eigenvalue weighted by molar-refractivity contribution is 8.13. The number of hydrogen-bond acceptors (Lipinski definition) is 11. The van der Waals surface area contributed by atoms with Crippen LogP contribution in [0.1, 0.15) is 67.6 Å². The van der Waals surface area contributed by atoms with Gasteiger partial charge in [0.25, 0.3) is 0 Å². The lowest BCUT2D eigenvalue weighted by Crippen LogP contribution is -2.23. The van der Waals surface area contributed by atoms with Crippen LogP contribution in [-0.2, 0) is 30.6 Å². The maximum atomic E-state index is 12.1. The van der Waals surface area contributed by atoms with Gasteiger partial charge in [-0.05, 0) is 91.0 Å². The monoisotopic (exact) mass is 838 g/mol. The van der Waals surface area contributed by atoms with Crippen molar-refractivity contribution in [3.8, 4) is 0 Å². The third-order valence-electron chi connectivity index (χ3n) is 10.1. The largest absolute Gasteiger partial charge is 0.377 e. The van der Waals surface area contributed by atoms with Crippen molar-refractivity contribution < 1.29 is 19.1 Å². The first-order valence-corrected chi connectivity index (χ1v) is 22.1. The summed E-state index contributed by atoms with van der Waals surface area (Å²) >= 11 is 2.54. The van der Waals surface area contributed by atoms with E-state index in [1.807, 2.05) is 19.4 Å². The fourth-order valence-corrected chi connectivity index (χ4v) is 8.53. The third kappa shape index (κ3) is 10.2. The average molecular weight is 839 g/mol. The number of aromatic amines is 1. The smallest absolute Gasteiger partial charge is 0.186 e. The Balaban J connectivity index is 1.44. The van der Waals surface area contributed by atoms with Gasteiger partial charge in [0.1, 0.15) is 5.82 Å². The van der Waals surface area contributed by atoms with Crippen molar-refractivity contribution in [3.63, 3.8) is 0 Å². The first-order valence-electron chi connectivity index (χ1n) is 20.1. The number of nitrogens with zero attached hydrogens (tertiary/aromatic N) is 4. The van der Waals surface area contributed by atoms with Crippen molar-refractivity contribution in [2.45, 2.75) is 51.0 Å². The number of fused-ring (bicyclic) bond motifs is 5. The van der Waals surface area contributed by atoms with Crippen LogP contribution in [0.2, 0.25) is 0 Å². The van der Waals surface area contributed by atoms with Crippen molar-refractivity contribution in [1.82, 2.24) is 15.2 Å². The second-order valence-electron chi connectivity index (χ2n) is 14.6. The van der Waals surface area contributed by atoms with E-state index in [4.69, 9.17) is 24.5 Å². The van der Waals surface area contributed by atoms with Crippen LogP contribution in [0.5, 0.6) is 0 Å². The zero-order valence-electron chi connectivity index (χ0n) is 34.4. The standard InChI is InChI=1S/C48H50N6O4S2/c1-6-22-57-24-8-10-36-38-12-16-42(50-38)46(35-27-33(29-59-31(3)55)26-34(28-35)30-60-32(4)56)43-17-13-39(51-43)37(11-9-25-58-23-7-2)41-15-19-45(53-41)47(44-18-14-40(36)52-44)48-49-20-21-54(48)5/h6-7,12-21,26-28,49-50H,1-2,8-11,22-25,29-30H2,3-5H3/b40-36?,41-37?,46-43?,48-47+. The molecule has 2 N–H and O–H groups in total. The molecule has 5 aliphatic rings. The van der Waals surface area contributed by atoms with Gasteiger partial charge in [0.2, 0.25) is 0 Å². The van der Waals surface area contributed by atoms with Crippen LogP contribution in [0.3, 0.4) is 0 Å². The molecular formula is C48H50N6O4S2. The number of hydrogen-bond donors (Lipinski definition) is 2. The third-order valence-corrected chi connectivity index (χ3v) is 11.9. The fourth-order valence-electron chi connectivity index (χ4n) is 7.46. The normalized spacial score (nSPS) is 17.9. The molecule has 60 heavy (non-hydrogen) atoms. The summed E-state index contributed by atoms with van der Waals surface area (Å²) in [5.41, 5.74) is 13.6. The van der Waals surface area contributed by atoms with Gasteiger partial charge in [0, 0.05) is 86.1 Å². The predicted molar refractivity (Wildman–Crippen MR) is 248 cm³/mol. The lowest BCUT2D eigenvalue weighted by Gasteiger charge is -2.17. The minimum absolute atomic E-state index is 0.0461. The number of carbonyl (C=O) groups excluding carboxylic acids is 2. The zero-order valence-corrected chi connectivity index (χ0v) is 36.0. The Morgan fingerprint density at radius 1 is 0.717 bits per heavy atom. The molecule has 308 valence electrons. The Morgan fingerprint density at radius 2 is 1.27 bits per heavy atom. The topological polar surface area (TPSA) is 121 Å². The van der Waals surface area contributed by atoms with E-state index in [0.717, 1.165) is 103 Å². The molecule has 5 aliphatic heterocycles. The Bertz CT molecular complexity index is 2400. The molecule has 8 bridgehead atoms.